The van der Waals surface area contributed by atoms with Gasteiger partial charge in [0, 0.05) is 24.5 Å². The van der Waals surface area contributed by atoms with Gasteiger partial charge in [-0.05, 0) is 25.1 Å². The van der Waals surface area contributed by atoms with Gasteiger partial charge in [-0.15, -0.1) is 0 Å². The van der Waals surface area contributed by atoms with E-state index < -0.39 is 0 Å². The molecular weight excluding hydrogens is 188 g/mol. The molecule has 0 radical (unpaired) electrons. The Labute approximate surface area is 87.8 Å². The van der Waals surface area contributed by atoms with Gasteiger partial charge in [-0.3, -0.25) is 4.68 Å². The fourth-order valence-electron chi connectivity index (χ4n) is 1.34. The van der Waals surface area contributed by atoms with E-state index in [0.29, 0.717) is 5.69 Å². The van der Waals surface area contributed by atoms with Gasteiger partial charge in [0.1, 0.15) is 11.8 Å². The lowest BCUT2D eigenvalue weighted by molar-refractivity contribution is 0.662. The summed E-state index contributed by atoms with van der Waals surface area (Å²) in [6.07, 6.45) is 3.54. The molecule has 0 bridgehead atoms. The van der Waals surface area contributed by atoms with Gasteiger partial charge in [0.25, 0.3) is 0 Å². The van der Waals surface area contributed by atoms with Gasteiger partial charge in [0.2, 0.25) is 0 Å². The Morgan fingerprint density at radius 2 is 2.33 bits per heavy atom. The fourth-order valence-corrected chi connectivity index (χ4v) is 1.34. The van der Waals surface area contributed by atoms with Crippen molar-refractivity contribution in [3.63, 3.8) is 0 Å². The van der Waals surface area contributed by atoms with Crippen LogP contribution in [0.3, 0.4) is 0 Å². The molecule has 0 amide bonds. The van der Waals surface area contributed by atoms with Crippen molar-refractivity contribution in [1.82, 2.24) is 14.8 Å². The van der Waals surface area contributed by atoms with Crippen molar-refractivity contribution in [2.45, 2.75) is 13.5 Å². The van der Waals surface area contributed by atoms with Crippen LogP contribution < -0.4 is 0 Å². The standard InChI is InChI=1S/C11H10N4/c1-2-15-6-4-11(14-15)9-3-5-13-10(7-9)8-12/h3-7H,2H2,1H3. The number of aryl methyl sites for hydroxylation is 1. The van der Waals surface area contributed by atoms with Crippen LogP contribution in [0.2, 0.25) is 0 Å². The number of pyridine rings is 1. The van der Waals surface area contributed by atoms with E-state index in [1.54, 1.807) is 12.3 Å². The Balaban J connectivity index is 2.41. The van der Waals surface area contributed by atoms with Gasteiger partial charge in [0.15, 0.2) is 0 Å². The minimum absolute atomic E-state index is 0.415. The molecule has 2 rings (SSSR count). The van der Waals surface area contributed by atoms with Gasteiger partial charge in [-0.2, -0.15) is 10.4 Å². The molecule has 0 aromatic carbocycles. The van der Waals surface area contributed by atoms with Crippen molar-refractivity contribution in [2.75, 3.05) is 0 Å². The smallest absolute Gasteiger partial charge is 0.141 e. The molecule has 0 spiro atoms. The molecule has 0 saturated heterocycles. The highest BCUT2D eigenvalue weighted by Gasteiger charge is 2.02. The van der Waals surface area contributed by atoms with E-state index in [4.69, 9.17) is 5.26 Å². The van der Waals surface area contributed by atoms with Crippen molar-refractivity contribution in [1.29, 1.82) is 5.26 Å². The van der Waals surface area contributed by atoms with Gasteiger partial charge in [0.05, 0.1) is 5.69 Å². The maximum absolute atomic E-state index is 8.72. The van der Waals surface area contributed by atoms with Crippen LogP contribution in [0.25, 0.3) is 11.3 Å². The maximum Gasteiger partial charge on any atom is 0.141 e. The monoisotopic (exact) mass is 198 g/mol. The van der Waals surface area contributed by atoms with Gasteiger partial charge in [-0.25, -0.2) is 4.98 Å². The molecule has 0 aliphatic carbocycles. The second-order valence-corrected chi connectivity index (χ2v) is 3.10. The van der Waals surface area contributed by atoms with E-state index >= 15 is 0 Å². The number of hydrogen-bond acceptors (Lipinski definition) is 3. The first-order valence-corrected chi connectivity index (χ1v) is 4.73. The SMILES string of the molecule is CCn1ccc(-c2ccnc(C#N)c2)n1. The summed E-state index contributed by atoms with van der Waals surface area (Å²) in [6.45, 7) is 2.88. The quantitative estimate of drug-likeness (QED) is 0.739. The van der Waals surface area contributed by atoms with Crippen molar-refractivity contribution >= 4 is 0 Å². The Bertz CT molecular complexity index is 507. The highest BCUT2D eigenvalue weighted by Crippen LogP contribution is 2.16. The van der Waals surface area contributed by atoms with Crippen molar-refractivity contribution < 1.29 is 0 Å². The lowest BCUT2D eigenvalue weighted by Crippen LogP contribution is -1.94. The van der Waals surface area contributed by atoms with Crippen LogP contribution in [0.4, 0.5) is 0 Å². The second kappa shape index (κ2) is 3.93. The Morgan fingerprint density at radius 1 is 1.47 bits per heavy atom. The summed E-state index contributed by atoms with van der Waals surface area (Å²) in [5, 5.41) is 13.1. The highest BCUT2D eigenvalue weighted by atomic mass is 15.3. The minimum Gasteiger partial charge on any atom is -0.272 e. The molecule has 2 aromatic rings. The van der Waals surface area contributed by atoms with Crippen LogP contribution in [-0.4, -0.2) is 14.8 Å². The van der Waals surface area contributed by atoms with Crippen LogP contribution in [0.1, 0.15) is 12.6 Å². The normalized spacial score (nSPS) is 9.87. The molecular formula is C11H10N4. The third-order valence-electron chi connectivity index (χ3n) is 2.13. The maximum atomic E-state index is 8.72. The first-order valence-electron chi connectivity index (χ1n) is 4.73. The first-order chi connectivity index (χ1) is 7.33. The number of rotatable bonds is 2. The highest BCUT2D eigenvalue weighted by molar-refractivity contribution is 5.59. The van der Waals surface area contributed by atoms with E-state index in [1.165, 1.54) is 0 Å². The summed E-state index contributed by atoms with van der Waals surface area (Å²) in [6, 6.07) is 7.53. The van der Waals surface area contributed by atoms with E-state index in [1.807, 2.05) is 36.0 Å². The molecule has 2 aromatic heterocycles. The Hall–Kier alpha value is -2.15. The zero-order chi connectivity index (χ0) is 10.7. The third kappa shape index (κ3) is 1.86. The lowest BCUT2D eigenvalue weighted by atomic mass is 10.2. The summed E-state index contributed by atoms with van der Waals surface area (Å²) in [5.74, 6) is 0. The predicted octanol–water partition coefficient (Wildman–Crippen LogP) is 1.84. The summed E-state index contributed by atoms with van der Waals surface area (Å²) in [4.78, 5) is 3.91. The Kier molecular flexibility index (Phi) is 2.46. The van der Waals surface area contributed by atoms with Gasteiger partial charge in [-0.1, -0.05) is 0 Å². The van der Waals surface area contributed by atoms with Crippen LogP contribution in [0, 0.1) is 11.3 Å². The molecule has 4 heteroatoms. The van der Waals surface area contributed by atoms with Crippen molar-refractivity contribution in [3.8, 4) is 17.3 Å². The second-order valence-electron chi connectivity index (χ2n) is 3.10. The van der Waals surface area contributed by atoms with Crippen molar-refractivity contribution in [3.05, 3.63) is 36.3 Å². The molecule has 0 aliphatic heterocycles. The molecule has 15 heavy (non-hydrogen) atoms. The van der Waals surface area contributed by atoms with E-state index in [9.17, 15) is 0 Å². The molecule has 0 N–H and O–H groups in total. The molecule has 0 fully saturated rings. The zero-order valence-electron chi connectivity index (χ0n) is 8.38. The van der Waals surface area contributed by atoms with Crippen LogP contribution >= 0.6 is 0 Å². The topological polar surface area (TPSA) is 54.5 Å². The van der Waals surface area contributed by atoms with Crippen LogP contribution in [-0.2, 0) is 6.54 Å². The molecule has 0 aliphatic rings. The number of aromatic nitrogens is 3. The fraction of sp³-hybridized carbons (Fsp3) is 0.182. The van der Waals surface area contributed by atoms with Crippen LogP contribution in [0.15, 0.2) is 30.6 Å². The van der Waals surface area contributed by atoms with Crippen molar-refractivity contribution in [2.24, 2.45) is 0 Å². The zero-order valence-corrected chi connectivity index (χ0v) is 8.38. The van der Waals surface area contributed by atoms with E-state index in [2.05, 4.69) is 10.1 Å². The molecule has 74 valence electrons. The lowest BCUT2D eigenvalue weighted by Gasteiger charge is -1.96. The van der Waals surface area contributed by atoms with E-state index in [-0.39, 0.29) is 0 Å². The summed E-state index contributed by atoms with van der Waals surface area (Å²) in [5.41, 5.74) is 2.21. The number of nitriles is 1. The molecule has 4 nitrogen and oxygen atoms in total. The molecule has 2 heterocycles. The van der Waals surface area contributed by atoms with E-state index in [0.717, 1.165) is 17.8 Å². The largest absolute Gasteiger partial charge is 0.272 e. The van der Waals surface area contributed by atoms with Gasteiger partial charge < -0.3 is 0 Å². The number of nitrogens with zero attached hydrogens (tertiary/aromatic N) is 4. The third-order valence-corrected chi connectivity index (χ3v) is 2.13. The predicted molar refractivity (Wildman–Crippen MR) is 55.8 cm³/mol. The minimum atomic E-state index is 0.415. The molecule has 0 saturated carbocycles. The average Bonchev–Trinajstić information content (AvgIpc) is 2.78. The molecule has 0 atom stereocenters. The Morgan fingerprint density at radius 3 is 3.00 bits per heavy atom. The molecule has 0 unspecified atom stereocenters. The summed E-state index contributed by atoms with van der Waals surface area (Å²) in [7, 11) is 0. The van der Waals surface area contributed by atoms with Gasteiger partial charge >= 0.3 is 0 Å². The number of hydrogen-bond donors (Lipinski definition) is 0. The summed E-state index contributed by atoms with van der Waals surface area (Å²) >= 11 is 0. The summed E-state index contributed by atoms with van der Waals surface area (Å²) < 4.78 is 1.85. The van der Waals surface area contributed by atoms with Crippen LogP contribution in [0.5, 0.6) is 0 Å². The first kappa shape index (κ1) is 9.41. The average molecular weight is 198 g/mol.